The smallest absolute Gasteiger partial charge is 0.213 e. The summed E-state index contributed by atoms with van der Waals surface area (Å²) in [6, 6.07) is 3.69. The fraction of sp³-hybridized carbons (Fsp3) is 0.273. The van der Waals surface area contributed by atoms with E-state index in [1.54, 1.807) is 19.5 Å². The molecule has 0 radical (unpaired) electrons. The third kappa shape index (κ3) is 2.50. The fourth-order valence-electron chi connectivity index (χ4n) is 1.25. The zero-order valence-electron chi connectivity index (χ0n) is 9.23. The van der Waals surface area contributed by atoms with Crippen molar-refractivity contribution in [1.29, 1.82) is 0 Å². The Hall–Kier alpha value is -2.04. The van der Waals surface area contributed by atoms with Crippen molar-refractivity contribution in [3.8, 4) is 5.75 Å². The highest BCUT2D eigenvalue weighted by Crippen LogP contribution is 2.12. The number of ether oxygens (including phenoxy) is 1. The Kier molecular flexibility index (Phi) is 3.05. The third-order valence-corrected chi connectivity index (χ3v) is 2.06. The van der Waals surface area contributed by atoms with Crippen molar-refractivity contribution in [2.24, 2.45) is 0 Å². The average molecular weight is 219 g/mol. The zero-order valence-corrected chi connectivity index (χ0v) is 9.23. The number of anilines is 1. The van der Waals surface area contributed by atoms with Crippen molar-refractivity contribution in [2.75, 3.05) is 12.4 Å². The Bertz CT molecular complexity index is 451. The van der Waals surface area contributed by atoms with Gasteiger partial charge in [-0.25, -0.2) is 9.97 Å². The molecule has 0 atom stereocenters. The Morgan fingerprint density at radius 2 is 2.19 bits per heavy atom. The molecule has 0 amide bonds. The molecule has 16 heavy (non-hydrogen) atoms. The Balaban J connectivity index is 1.94. The van der Waals surface area contributed by atoms with E-state index in [4.69, 9.17) is 9.15 Å². The second kappa shape index (κ2) is 4.65. The second-order valence-corrected chi connectivity index (χ2v) is 3.30. The van der Waals surface area contributed by atoms with Crippen molar-refractivity contribution < 1.29 is 9.15 Å². The number of aromatic nitrogens is 2. The van der Waals surface area contributed by atoms with Gasteiger partial charge in [0, 0.05) is 0 Å². The van der Waals surface area contributed by atoms with Crippen molar-refractivity contribution in [1.82, 2.24) is 9.97 Å². The largest absolute Gasteiger partial charge is 0.495 e. The van der Waals surface area contributed by atoms with Crippen LogP contribution in [0.3, 0.4) is 0 Å². The Labute approximate surface area is 93.5 Å². The normalized spacial score (nSPS) is 10.1. The molecule has 0 saturated heterocycles. The van der Waals surface area contributed by atoms with E-state index >= 15 is 0 Å². The second-order valence-electron chi connectivity index (χ2n) is 3.30. The molecule has 5 nitrogen and oxygen atoms in total. The molecule has 5 heteroatoms. The maximum absolute atomic E-state index is 5.32. The number of hydrogen-bond acceptors (Lipinski definition) is 5. The van der Waals surface area contributed by atoms with E-state index in [0.29, 0.717) is 12.4 Å². The SMILES string of the molecule is COc1ccc(NCc2ncc(C)o2)nc1. The van der Waals surface area contributed by atoms with Gasteiger partial charge in [-0.1, -0.05) is 0 Å². The highest BCUT2D eigenvalue weighted by molar-refractivity contribution is 5.37. The number of aryl methyl sites for hydroxylation is 1. The first-order valence-electron chi connectivity index (χ1n) is 4.93. The Morgan fingerprint density at radius 1 is 1.31 bits per heavy atom. The van der Waals surface area contributed by atoms with Crippen molar-refractivity contribution in [3.63, 3.8) is 0 Å². The summed E-state index contributed by atoms with van der Waals surface area (Å²) in [5, 5.41) is 3.10. The van der Waals surface area contributed by atoms with Gasteiger partial charge in [-0.15, -0.1) is 0 Å². The molecular weight excluding hydrogens is 206 g/mol. The first-order chi connectivity index (χ1) is 7.78. The topological polar surface area (TPSA) is 60.2 Å². The molecule has 2 rings (SSSR count). The van der Waals surface area contributed by atoms with E-state index in [1.165, 1.54) is 0 Å². The van der Waals surface area contributed by atoms with Crippen LogP contribution in [0.5, 0.6) is 5.75 Å². The number of oxazole rings is 1. The van der Waals surface area contributed by atoms with E-state index < -0.39 is 0 Å². The molecule has 1 N–H and O–H groups in total. The van der Waals surface area contributed by atoms with Gasteiger partial charge in [-0.05, 0) is 19.1 Å². The van der Waals surface area contributed by atoms with Gasteiger partial charge in [0.15, 0.2) is 0 Å². The van der Waals surface area contributed by atoms with E-state index in [9.17, 15) is 0 Å². The number of hydrogen-bond donors (Lipinski definition) is 1. The summed E-state index contributed by atoms with van der Waals surface area (Å²) in [5.74, 6) is 2.95. The van der Waals surface area contributed by atoms with E-state index in [-0.39, 0.29) is 0 Å². The predicted octanol–water partition coefficient (Wildman–Crippen LogP) is 2.00. The van der Waals surface area contributed by atoms with Crippen molar-refractivity contribution >= 4 is 5.82 Å². The van der Waals surface area contributed by atoms with Gasteiger partial charge in [0.2, 0.25) is 5.89 Å². The summed E-state index contributed by atoms with van der Waals surface area (Å²) in [4.78, 5) is 8.25. The van der Waals surface area contributed by atoms with Crippen LogP contribution >= 0.6 is 0 Å². The van der Waals surface area contributed by atoms with Crippen LogP contribution in [-0.4, -0.2) is 17.1 Å². The summed E-state index contributed by atoms with van der Waals surface area (Å²) in [5.41, 5.74) is 0. The summed E-state index contributed by atoms with van der Waals surface area (Å²) in [6.07, 6.45) is 3.35. The molecule has 2 aromatic rings. The lowest BCUT2D eigenvalue weighted by Gasteiger charge is -2.03. The summed E-state index contributed by atoms with van der Waals surface area (Å²) in [7, 11) is 1.61. The van der Waals surface area contributed by atoms with Crippen LogP contribution in [0.1, 0.15) is 11.7 Å². The van der Waals surface area contributed by atoms with Gasteiger partial charge in [0.25, 0.3) is 0 Å². The molecule has 0 bridgehead atoms. The van der Waals surface area contributed by atoms with E-state index in [0.717, 1.165) is 17.3 Å². The fourth-order valence-corrected chi connectivity index (χ4v) is 1.25. The molecule has 0 spiro atoms. The highest BCUT2D eigenvalue weighted by Gasteiger charge is 2.00. The Morgan fingerprint density at radius 3 is 2.75 bits per heavy atom. The molecule has 0 aliphatic rings. The van der Waals surface area contributed by atoms with E-state index in [1.807, 2.05) is 19.1 Å². The highest BCUT2D eigenvalue weighted by atomic mass is 16.5. The van der Waals surface area contributed by atoms with Crippen LogP contribution in [-0.2, 0) is 6.54 Å². The lowest BCUT2D eigenvalue weighted by Crippen LogP contribution is -2.01. The van der Waals surface area contributed by atoms with Crippen molar-refractivity contribution in [2.45, 2.75) is 13.5 Å². The number of pyridine rings is 1. The molecule has 0 unspecified atom stereocenters. The maximum atomic E-state index is 5.32. The minimum Gasteiger partial charge on any atom is -0.495 e. The summed E-state index contributed by atoms with van der Waals surface area (Å²) < 4.78 is 10.3. The van der Waals surface area contributed by atoms with Gasteiger partial charge in [-0.3, -0.25) is 0 Å². The van der Waals surface area contributed by atoms with Crippen LogP contribution in [0.2, 0.25) is 0 Å². The number of nitrogens with zero attached hydrogens (tertiary/aromatic N) is 2. The molecular formula is C11H13N3O2. The van der Waals surface area contributed by atoms with Crippen LogP contribution in [0.25, 0.3) is 0 Å². The quantitative estimate of drug-likeness (QED) is 0.852. The first kappa shape index (κ1) is 10.5. The van der Waals surface area contributed by atoms with Crippen LogP contribution in [0.4, 0.5) is 5.82 Å². The monoisotopic (exact) mass is 219 g/mol. The lowest BCUT2D eigenvalue weighted by molar-refractivity contribution is 0.413. The molecule has 2 heterocycles. The maximum Gasteiger partial charge on any atom is 0.213 e. The molecule has 84 valence electrons. The van der Waals surface area contributed by atoms with Gasteiger partial charge in [0.1, 0.15) is 17.3 Å². The van der Waals surface area contributed by atoms with E-state index in [2.05, 4.69) is 15.3 Å². The molecule has 0 aliphatic carbocycles. The predicted molar refractivity (Wildman–Crippen MR) is 59.4 cm³/mol. The molecule has 0 aliphatic heterocycles. The summed E-state index contributed by atoms with van der Waals surface area (Å²) in [6.45, 7) is 2.38. The number of rotatable bonds is 4. The molecule has 0 saturated carbocycles. The van der Waals surface area contributed by atoms with Gasteiger partial charge in [-0.2, -0.15) is 0 Å². The molecule has 0 aromatic carbocycles. The minimum absolute atomic E-state index is 0.521. The molecule has 0 fully saturated rings. The van der Waals surface area contributed by atoms with Gasteiger partial charge in [0.05, 0.1) is 26.0 Å². The first-order valence-corrected chi connectivity index (χ1v) is 4.93. The minimum atomic E-state index is 0.521. The number of methoxy groups -OCH3 is 1. The van der Waals surface area contributed by atoms with Gasteiger partial charge < -0.3 is 14.5 Å². The van der Waals surface area contributed by atoms with Crippen LogP contribution < -0.4 is 10.1 Å². The number of nitrogens with one attached hydrogen (secondary N) is 1. The summed E-state index contributed by atoms with van der Waals surface area (Å²) >= 11 is 0. The van der Waals surface area contributed by atoms with Crippen LogP contribution in [0.15, 0.2) is 28.9 Å². The standard InChI is InChI=1S/C11H13N3O2/c1-8-5-14-11(16-8)7-13-10-4-3-9(15-2)6-12-10/h3-6H,7H2,1-2H3,(H,12,13). The average Bonchev–Trinajstić information content (AvgIpc) is 2.73. The third-order valence-electron chi connectivity index (χ3n) is 2.06. The lowest BCUT2D eigenvalue weighted by atomic mass is 10.4. The zero-order chi connectivity index (χ0) is 11.4. The van der Waals surface area contributed by atoms with Crippen molar-refractivity contribution in [3.05, 3.63) is 36.2 Å². The van der Waals surface area contributed by atoms with Crippen LogP contribution in [0, 0.1) is 6.92 Å². The molecule has 2 aromatic heterocycles. The van der Waals surface area contributed by atoms with Gasteiger partial charge >= 0.3 is 0 Å².